The average molecular weight is 358 g/mol. The van der Waals surface area contributed by atoms with Crippen LogP contribution in [-0.2, 0) is 4.74 Å². The van der Waals surface area contributed by atoms with E-state index in [1.807, 2.05) is 26.2 Å². The SMILES string of the molecule is COC(=O)c1cccc(-n2c3nc(SC)ncc3c(=O)n2C(C)C)c1. The highest BCUT2D eigenvalue weighted by Crippen LogP contribution is 2.21. The fraction of sp³-hybridized carbons (Fsp3) is 0.294. The second-order valence-electron chi connectivity index (χ2n) is 5.69. The highest BCUT2D eigenvalue weighted by atomic mass is 32.2. The summed E-state index contributed by atoms with van der Waals surface area (Å²) >= 11 is 1.40. The molecule has 2 heterocycles. The molecule has 0 unspecified atom stereocenters. The van der Waals surface area contributed by atoms with Gasteiger partial charge in [-0.05, 0) is 38.3 Å². The topological polar surface area (TPSA) is 79.0 Å². The Hall–Kier alpha value is -2.61. The fourth-order valence-corrected chi connectivity index (χ4v) is 3.01. The normalized spacial score (nSPS) is 11.2. The van der Waals surface area contributed by atoms with Gasteiger partial charge >= 0.3 is 5.97 Å². The van der Waals surface area contributed by atoms with Gasteiger partial charge in [-0.15, -0.1) is 0 Å². The van der Waals surface area contributed by atoms with Gasteiger partial charge in [-0.2, -0.15) is 0 Å². The first-order valence-corrected chi connectivity index (χ1v) is 8.93. The Balaban J connectivity index is 2.36. The van der Waals surface area contributed by atoms with Crippen molar-refractivity contribution in [1.29, 1.82) is 0 Å². The van der Waals surface area contributed by atoms with E-state index in [9.17, 15) is 9.59 Å². The molecule has 3 rings (SSSR count). The maximum Gasteiger partial charge on any atom is 0.337 e. The smallest absolute Gasteiger partial charge is 0.337 e. The van der Waals surface area contributed by atoms with E-state index in [4.69, 9.17) is 4.74 Å². The Morgan fingerprint density at radius 1 is 1.32 bits per heavy atom. The molecule has 0 aliphatic heterocycles. The third-order valence-corrected chi connectivity index (χ3v) is 4.35. The number of rotatable bonds is 4. The van der Waals surface area contributed by atoms with Crippen LogP contribution in [-0.4, -0.2) is 38.7 Å². The molecule has 0 N–H and O–H groups in total. The molecule has 0 amide bonds. The lowest BCUT2D eigenvalue weighted by Crippen LogP contribution is -2.24. The van der Waals surface area contributed by atoms with Crippen LogP contribution in [0.2, 0.25) is 0 Å². The van der Waals surface area contributed by atoms with Gasteiger partial charge in [-0.1, -0.05) is 17.8 Å². The van der Waals surface area contributed by atoms with E-state index in [2.05, 4.69) is 9.97 Å². The number of carbonyl (C=O) groups excluding carboxylic acids is 1. The molecule has 1 aromatic carbocycles. The first kappa shape index (κ1) is 17.2. The predicted molar refractivity (Wildman–Crippen MR) is 96.6 cm³/mol. The van der Waals surface area contributed by atoms with Gasteiger partial charge < -0.3 is 4.74 Å². The number of esters is 1. The zero-order chi connectivity index (χ0) is 18.1. The fourth-order valence-electron chi connectivity index (χ4n) is 2.68. The summed E-state index contributed by atoms with van der Waals surface area (Å²) in [5.74, 6) is -0.434. The number of ether oxygens (including phenoxy) is 1. The lowest BCUT2D eigenvalue weighted by atomic mass is 10.2. The van der Waals surface area contributed by atoms with E-state index in [1.54, 1.807) is 33.8 Å². The Morgan fingerprint density at radius 3 is 2.72 bits per heavy atom. The summed E-state index contributed by atoms with van der Waals surface area (Å²) in [4.78, 5) is 33.4. The zero-order valence-electron chi connectivity index (χ0n) is 14.4. The summed E-state index contributed by atoms with van der Waals surface area (Å²) < 4.78 is 8.13. The molecule has 8 heteroatoms. The van der Waals surface area contributed by atoms with Crippen molar-refractivity contribution in [2.24, 2.45) is 0 Å². The Kier molecular flexibility index (Phi) is 4.63. The maximum atomic E-state index is 12.8. The van der Waals surface area contributed by atoms with Gasteiger partial charge in [0, 0.05) is 12.2 Å². The van der Waals surface area contributed by atoms with E-state index in [1.165, 1.54) is 18.9 Å². The van der Waals surface area contributed by atoms with E-state index >= 15 is 0 Å². The average Bonchev–Trinajstić information content (AvgIpc) is 2.93. The molecule has 0 saturated heterocycles. The minimum Gasteiger partial charge on any atom is -0.465 e. The van der Waals surface area contributed by atoms with Gasteiger partial charge in [0.25, 0.3) is 5.56 Å². The number of hydrogen-bond donors (Lipinski definition) is 0. The number of fused-ring (bicyclic) bond motifs is 1. The lowest BCUT2D eigenvalue weighted by molar-refractivity contribution is 0.0600. The Labute approximate surface area is 148 Å². The first-order chi connectivity index (χ1) is 12.0. The number of benzene rings is 1. The van der Waals surface area contributed by atoms with Crippen LogP contribution < -0.4 is 5.56 Å². The van der Waals surface area contributed by atoms with Crippen molar-refractivity contribution in [2.75, 3.05) is 13.4 Å². The second-order valence-corrected chi connectivity index (χ2v) is 6.46. The number of aromatic nitrogens is 4. The van der Waals surface area contributed by atoms with Crippen LogP contribution >= 0.6 is 11.8 Å². The first-order valence-electron chi connectivity index (χ1n) is 7.71. The molecule has 130 valence electrons. The molecule has 7 nitrogen and oxygen atoms in total. The van der Waals surface area contributed by atoms with E-state index < -0.39 is 5.97 Å². The Bertz CT molecular complexity index is 1010. The van der Waals surface area contributed by atoms with Crippen molar-refractivity contribution in [1.82, 2.24) is 19.3 Å². The molecular formula is C17H18N4O3S. The van der Waals surface area contributed by atoms with Gasteiger partial charge in [0.05, 0.1) is 18.4 Å². The standard InChI is InChI=1S/C17H18N4O3S/c1-10(2)20-15(22)13-9-18-17(25-4)19-14(13)21(20)12-7-5-6-11(8-12)16(23)24-3/h5-10H,1-4H3. The summed E-state index contributed by atoms with van der Waals surface area (Å²) in [7, 11) is 1.34. The second kappa shape index (κ2) is 6.72. The van der Waals surface area contributed by atoms with Crippen LogP contribution in [0.15, 0.2) is 40.4 Å². The number of thioether (sulfide) groups is 1. The van der Waals surface area contributed by atoms with E-state index in [0.29, 0.717) is 27.4 Å². The lowest BCUT2D eigenvalue weighted by Gasteiger charge is -2.15. The van der Waals surface area contributed by atoms with Crippen LogP contribution in [0.25, 0.3) is 16.7 Å². The zero-order valence-corrected chi connectivity index (χ0v) is 15.2. The van der Waals surface area contributed by atoms with Crippen LogP contribution in [0.4, 0.5) is 0 Å². The Morgan fingerprint density at radius 2 is 2.08 bits per heavy atom. The minimum atomic E-state index is -0.434. The summed E-state index contributed by atoms with van der Waals surface area (Å²) in [6, 6.07) is 6.83. The third kappa shape index (κ3) is 2.93. The molecule has 0 aliphatic rings. The number of carbonyl (C=O) groups is 1. The molecule has 0 aliphatic carbocycles. The molecule has 0 atom stereocenters. The van der Waals surface area contributed by atoms with Gasteiger partial charge in [-0.25, -0.2) is 24.1 Å². The molecule has 0 saturated carbocycles. The van der Waals surface area contributed by atoms with Gasteiger partial charge in [-0.3, -0.25) is 4.79 Å². The highest BCUT2D eigenvalue weighted by molar-refractivity contribution is 7.98. The van der Waals surface area contributed by atoms with Crippen molar-refractivity contribution in [2.45, 2.75) is 25.0 Å². The quantitative estimate of drug-likeness (QED) is 0.405. The molecule has 0 bridgehead atoms. The summed E-state index contributed by atoms with van der Waals surface area (Å²) in [5.41, 5.74) is 1.42. The molecule has 2 aromatic heterocycles. The van der Waals surface area contributed by atoms with Gasteiger partial charge in [0.2, 0.25) is 0 Å². The van der Waals surface area contributed by atoms with Crippen molar-refractivity contribution < 1.29 is 9.53 Å². The molecule has 0 spiro atoms. The monoisotopic (exact) mass is 358 g/mol. The van der Waals surface area contributed by atoms with Crippen LogP contribution in [0, 0.1) is 0 Å². The summed E-state index contributed by atoms with van der Waals surface area (Å²) in [5, 5.41) is 1.02. The van der Waals surface area contributed by atoms with Crippen molar-refractivity contribution >= 4 is 28.8 Å². The van der Waals surface area contributed by atoms with Crippen molar-refractivity contribution in [3.05, 3.63) is 46.4 Å². The maximum absolute atomic E-state index is 12.8. The minimum absolute atomic E-state index is 0.0961. The van der Waals surface area contributed by atoms with Crippen molar-refractivity contribution in [3.63, 3.8) is 0 Å². The predicted octanol–water partition coefficient (Wildman–Crippen LogP) is 2.67. The highest BCUT2D eigenvalue weighted by Gasteiger charge is 2.19. The van der Waals surface area contributed by atoms with Gasteiger partial charge in [0.1, 0.15) is 5.39 Å². The van der Waals surface area contributed by atoms with E-state index in [0.717, 1.165) is 0 Å². The number of hydrogen-bond acceptors (Lipinski definition) is 6. The van der Waals surface area contributed by atoms with Crippen LogP contribution in [0.1, 0.15) is 30.2 Å². The van der Waals surface area contributed by atoms with E-state index in [-0.39, 0.29) is 11.6 Å². The largest absolute Gasteiger partial charge is 0.465 e. The van der Waals surface area contributed by atoms with Crippen LogP contribution in [0.5, 0.6) is 0 Å². The van der Waals surface area contributed by atoms with Crippen molar-refractivity contribution in [3.8, 4) is 5.69 Å². The third-order valence-electron chi connectivity index (χ3n) is 3.78. The summed E-state index contributed by atoms with van der Waals surface area (Å²) in [6.45, 7) is 3.84. The number of methoxy groups -OCH3 is 1. The molecular weight excluding hydrogens is 340 g/mol. The summed E-state index contributed by atoms with van der Waals surface area (Å²) in [6.07, 6.45) is 3.43. The molecule has 0 radical (unpaired) electrons. The number of nitrogens with zero attached hydrogens (tertiary/aromatic N) is 4. The molecule has 3 aromatic rings. The molecule has 25 heavy (non-hydrogen) atoms. The molecule has 0 fully saturated rings. The van der Waals surface area contributed by atoms with Crippen LogP contribution in [0.3, 0.4) is 0 Å². The van der Waals surface area contributed by atoms with Gasteiger partial charge in [0.15, 0.2) is 10.8 Å².